The Morgan fingerprint density at radius 1 is 1.22 bits per heavy atom. The van der Waals surface area contributed by atoms with E-state index >= 15 is 0 Å². The summed E-state index contributed by atoms with van der Waals surface area (Å²) < 4.78 is 2.15. The number of rotatable bonds is 2. The lowest BCUT2D eigenvalue weighted by Gasteiger charge is -2.29. The minimum Gasteiger partial charge on any atom is -0.369 e. The van der Waals surface area contributed by atoms with Crippen molar-refractivity contribution in [3.05, 3.63) is 30.2 Å². The molecule has 94 valence electrons. The topological polar surface area (TPSA) is 32.6 Å². The first kappa shape index (κ1) is 10.4. The van der Waals surface area contributed by atoms with E-state index in [4.69, 9.17) is 4.98 Å². The van der Waals surface area contributed by atoms with Crippen molar-refractivity contribution in [1.82, 2.24) is 14.7 Å². The summed E-state index contributed by atoms with van der Waals surface area (Å²) in [5, 5.41) is 3.39. The third kappa shape index (κ3) is 1.77. The third-order valence-electron chi connectivity index (χ3n) is 3.94. The number of piperazine rings is 1. The van der Waals surface area contributed by atoms with E-state index in [0.717, 1.165) is 37.7 Å². The normalized spacial score (nSPS) is 20.6. The van der Waals surface area contributed by atoms with Gasteiger partial charge in [-0.3, -0.25) is 0 Å². The molecule has 1 aliphatic heterocycles. The molecule has 4 nitrogen and oxygen atoms in total. The SMILES string of the molecule is c1cn2cc(C3CC3)nc2cc1N1CCNCC1. The van der Waals surface area contributed by atoms with Gasteiger partial charge in [-0.15, -0.1) is 0 Å². The molecular formula is C14H18N4. The Kier molecular flexibility index (Phi) is 2.30. The number of anilines is 1. The standard InChI is InChI=1S/C14H18N4/c1-2-11(1)13-10-18-6-3-12(9-14(18)16-13)17-7-4-15-5-8-17/h3,6,9-11,15H,1-2,4-5,7-8H2. The highest BCUT2D eigenvalue weighted by Gasteiger charge is 2.26. The number of fused-ring (bicyclic) bond motifs is 1. The van der Waals surface area contributed by atoms with Crippen molar-refractivity contribution in [3.63, 3.8) is 0 Å². The van der Waals surface area contributed by atoms with Gasteiger partial charge >= 0.3 is 0 Å². The second-order valence-electron chi connectivity index (χ2n) is 5.33. The van der Waals surface area contributed by atoms with Gasteiger partial charge in [0.2, 0.25) is 0 Å². The van der Waals surface area contributed by atoms with Gasteiger partial charge in [0.1, 0.15) is 5.65 Å². The van der Waals surface area contributed by atoms with Crippen LogP contribution in [0.4, 0.5) is 5.69 Å². The lowest BCUT2D eigenvalue weighted by atomic mass is 10.3. The van der Waals surface area contributed by atoms with Crippen LogP contribution >= 0.6 is 0 Å². The van der Waals surface area contributed by atoms with E-state index in [1.54, 1.807) is 0 Å². The summed E-state index contributed by atoms with van der Waals surface area (Å²) in [5.41, 5.74) is 3.66. The Labute approximate surface area is 107 Å². The van der Waals surface area contributed by atoms with Crippen LogP contribution in [0.1, 0.15) is 24.5 Å². The van der Waals surface area contributed by atoms with E-state index in [2.05, 4.69) is 39.1 Å². The van der Waals surface area contributed by atoms with Gasteiger partial charge in [0.25, 0.3) is 0 Å². The molecule has 4 heteroatoms. The number of hydrogen-bond acceptors (Lipinski definition) is 3. The van der Waals surface area contributed by atoms with Crippen molar-refractivity contribution in [2.45, 2.75) is 18.8 Å². The fourth-order valence-electron chi connectivity index (χ4n) is 2.69. The lowest BCUT2D eigenvalue weighted by molar-refractivity contribution is 0.589. The predicted molar refractivity (Wildman–Crippen MR) is 72.2 cm³/mol. The van der Waals surface area contributed by atoms with Crippen LogP contribution < -0.4 is 10.2 Å². The van der Waals surface area contributed by atoms with E-state index in [1.807, 2.05) is 0 Å². The zero-order valence-corrected chi connectivity index (χ0v) is 10.5. The van der Waals surface area contributed by atoms with E-state index in [0.29, 0.717) is 0 Å². The van der Waals surface area contributed by atoms with E-state index in [-0.39, 0.29) is 0 Å². The van der Waals surface area contributed by atoms with Crippen molar-refractivity contribution in [3.8, 4) is 0 Å². The summed E-state index contributed by atoms with van der Waals surface area (Å²) in [7, 11) is 0. The minimum atomic E-state index is 0.729. The van der Waals surface area contributed by atoms with Gasteiger partial charge in [0, 0.05) is 56.2 Å². The first-order valence-electron chi connectivity index (χ1n) is 6.84. The van der Waals surface area contributed by atoms with E-state index < -0.39 is 0 Å². The highest BCUT2D eigenvalue weighted by molar-refractivity contribution is 5.57. The molecule has 0 atom stereocenters. The molecule has 1 N–H and O–H groups in total. The largest absolute Gasteiger partial charge is 0.369 e. The molecule has 0 bridgehead atoms. The first-order valence-corrected chi connectivity index (χ1v) is 6.84. The van der Waals surface area contributed by atoms with Crippen LogP contribution in [0.3, 0.4) is 0 Å². The highest BCUT2D eigenvalue weighted by Crippen LogP contribution is 2.39. The number of aromatic nitrogens is 2. The van der Waals surface area contributed by atoms with Crippen LogP contribution in [0.5, 0.6) is 0 Å². The van der Waals surface area contributed by atoms with Crippen LogP contribution in [-0.4, -0.2) is 35.6 Å². The maximum Gasteiger partial charge on any atom is 0.139 e. The number of nitrogens with zero attached hydrogens (tertiary/aromatic N) is 3. The zero-order chi connectivity index (χ0) is 11.9. The Balaban J connectivity index is 1.69. The second kappa shape index (κ2) is 3.99. The Bertz CT molecular complexity index is 564. The number of pyridine rings is 1. The summed E-state index contributed by atoms with van der Waals surface area (Å²) in [6.07, 6.45) is 6.96. The zero-order valence-electron chi connectivity index (χ0n) is 10.5. The molecular weight excluding hydrogens is 224 g/mol. The Morgan fingerprint density at radius 2 is 2.06 bits per heavy atom. The molecule has 1 saturated heterocycles. The van der Waals surface area contributed by atoms with Crippen LogP contribution in [0, 0.1) is 0 Å². The van der Waals surface area contributed by atoms with Crippen molar-refractivity contribution in [2.75, 3.05) is 31.1 Å². The molecule has 1 saturated carbocycles. The van der Waals surface area contributed by atoms with Gasteiger partial charge in [-0.25, -0.2) is 4.98 Å². The average molecular weight is 242 g/mol. The van der Waals surface area contributed by atoms with Gasteiger partial charge in [0.15, 0.2) is 0 Å². The molecule has 2 aromatic rings. The molecule has 0 spiro atoms. The van der Waals surface area contributed by atoms with Gasteiger partial charge < -0.3 is 14.6 Å². The molecule has 2 aromatic heterocycles. The molecule has 2 fully saturated rings. The molecule has 4 rings (SSSR count). The van der Waals surface area contributed by atoms with E-state index in [1.165, 1.54) is 24.2 Å². The molecule has 1 aliphatic carbocycles. The lowest BCUT2D eigenvalue weighted by Crippen LogP contribution is -2.43. The smallest absolute Gasteiger partial charge is 0.139 e. The predicted octanol–water partition coefficient (Wildman–Crippen LogP) is 1.62. The van der Waals surface area contributed by atoms with Crippen molar-refractivity contribution >= 4 is 11.3 Å². The molecule has 3 heterocycles. The molecule has 0 aromatic carbocycles. The van der Waals surface area contributed by atoms with Gasteiger partial charge in [-0.05, 0) is 18.9 Å². The average Bonchev–Trinajstić information content (AvgIpc) is 3.19. The number of nitrogens with one attached hydrogen (secondary N) is 1. The van der Waals surface area contributed by atoms with Gasteiger partial charge in [0.05, 0.1) is 5.69 Å². The summed E-state index contributed by atoms with van der Waals surface area (Å²) in [5.74, 6) is 0.729. The van der Waals surface area contributed by atoms with Crippen molar-refractivity contribution in [1.29, 1.82) is 0 Å². The number of hydrogen-bond donors (Lipinski definition) is 1. The Morgan fingerprint density at radius 3 is 2.83 bits per heavy atom. The van der Waals surface area contributed by atoms with E-state index in [9.17, 15) is 0 Å². The third-order valence-corrected chi connectivity index (χ3v) is 3.94. The first-order chi connectivity index (χ1) is 8.90. The van der Waals surface area contributed by atoms with Gasteiger partial charge in [-0.2, -0.15) is 0 Å². The monoisotopic (exact) mass is 242 g/mol. The summed E-state index contributed by atoms with van der Waals surface area (Å²) >= 11 is 0. The van der Waals surface area contributed by atoms with Crippen LogP contribution in [-0.2, 0) is 0 Å². The van der Waals surface area contributed by atoms with Gasteiger partial charge in [-0.1, -0.05) is 0 Å². The molecule has 0 unspecified atom stereocenters. The maximum atomic E-state index is 4.75. The van der Waals surface area contributed by atoms with Crippen molar-refractivity contribution < 1.29 is 0 Å². The van der Waals surface area contributed by atoms with Crippen LogP contribution in [0.15, 0.2) is 24.5 Å². The maximum absolute atomic E-state index is 4.75. The van der Waals surface area contributed by atoms with Crippen LogP contribution in [0.25, 0.3) is 5.65 Å². The second-order valence-corrected chi connectivity index (χ2v) is 5.33. The minimum absolute atomic E-state index is 0.729. The summed E-state index contributed by atoms with van der Waals surface area (Å²) in [4.78, 5) is 7.18. The molecule has 0 amide bonds. The molecule has 2 aliphatic rings. The fourth-order valence-corrected chi connectivity index (χ4v) is 2.69. The Hall–Kier alpha value is -1.55. The quantitative estimate of drug-likeness (QED) is 0.868. The summed E-state index contributed by atoms with van der Waals surface area (Å²) in [6, 6.07) is 4.42. The van der Waals surface area contributed by atoms with Crippen LogP contribution in [0.2, 0.25) is 0 Å². The fraction of sp³-hybridized carbons (Fsp3) is 0.500. The summed E-state index contributed by atoms with van der Waals surface area (Å²) in [6.45, 7) is 4.33. The number of imidazole rings is 1. The molecule has 18 heavy (non-hydrogen) atoms. The van der Waals surface area contributed by atoms with Crippen molar-refractivity contribution in [2.24, 2.45) is 0 Å². The molecule has 0 radical (unpaired) electrons. The highest BCUT2D eigenvalue weighted by atomic mass is 15.2.